The van der Waals surface area contributed by atoms with Crippen molar-refractivity contribution in [1.82, 2.24) is 15.5 Å². The Hall–Kier alpha value is -2.24. The van der Waals surface area contributed by atoms with Crippen molar-refractivity contribution < 1.29 is 9.53 Å². The fourth-order valence-electron chi connectivity index (χ4n) is 4.13. The summed E-state index contributed by atoms with van der Waals surface area (Å²) < 4.78 is 5.73. The highest BCUT2D eigenvalue weighted by Crippen LogP contribution is 2.27. The van der Waals surface area contributed by atoms with Crippen LogP contribution in [0.1, 0.15) is 51.9 Å². The van der Waals surface area contributed by atoms with Crippen LogP contribution in [0.2, 0.25) is 0 Å². The zero-order valence-electron chi connectivity index (χ0n) is 17.7. The van der Waals surface area contributed by atoms with Crippen molar-refractivity contribution in [3.05, 3.63) is 30.3 Å². The van der Waals surface area contributed by atoms with Crippen molar-refractivity contribution in [1.29, 1.82) is 0 Å². The predicted molar refractivity (Wildman–Crippen MR) is 117 cm³/mol. The molecule has 0 bridgehead atoms. The van der Waals surface area contributed by atoms with E-state index in [1.54, 1.807) is 0 Å². The van der Waals surface area contributed by atoms with Gasteiger partial charge in [0.05, 0.1) is 6.61 Å². The van der Waals surface area contributed by atoms with Gasteiger partial charge in [0.1, 0.15) is 5.75 Å². The molecular weight excluding hydrogens is 364 g/mol. The number of nitrogens with zero attached hydrogens (tertiary/aromatic N) is 2. The highest BCUT2D eigenvalue weighted by atomic mass is 16.5. The van der Waals surface area contributed by atoms with Gasteiger partial charge < -0.3 is 20.3 Å². The van der Waals surface area contributed by atoms with Crippen molar-refractivity contribution in [3.63, 3.8) is 0 Å². The highest BCUT2D eigenvalue weighted by Gasteiger charge is 2.32. The van der Waals surface area contributed by atoms with Crippen LogP contribution in [0.3, 0.4) is 0 Å². The molecule has 3 rings (SSSR count). The largest absolute Gasteiger partial charge is 0.494 e. The molecule has 0 spiro atoms. The molecule has 0 radical (unpaired) electrons. The number of para-hydroxylation sites is 1. The molecule has 1 saturated heterocycles. The predicted octanol–water partition coefficient (Wildman–Crippen LogP) is 3.19. The van der Waals surface area contributed by atoms with Gasteiger partial charge >= 0.3 is 0 Å². The van der Waals surface area contributed by atoms with E-state index in [-0.39, 0.29) is 5.92 Å². The lowest BCUT2D eigenvalue weighted by molar-refractivity contribution is -0.134. The number of amides is 1. The van der Waals surface area contributed by atoms with Crippen molar-refractivity contribution >= 4 is 11.9 Å². The summed E-state index contributed by atoms with van der Waals surface area (Å²) in [5.74, 6) is 2.42. The van der Waals surface area contributed by atoms with Crippen LogP contribution in [0.5, 0.6) is 5.75 Å². The van der Waals surface area contributed by atoms with Crippen LogP contribution in [0.15, 0.2) is 35.3 Å². The number of hydrogen-bond acceptors (Lipinski definition) is 3. The normalized spacial score (nSPS) is 20.1. The SMILES string of the molecule is CCNC(=NCCCCOc1ccccc1)NC1CCN(C(=O)C2CCCC2)C1. The molecule has 2 aliphatic rings. The third-order valence-electron chi connectivity index (χ3n) is 5.72. The Morgan fingerprint density at radius 3 is 2.72 bits per heavy atom. The van der Waals surface area contributed by atoms with Gasteiger partial charge in [0.15, 0.2) is 5.96 Å². The average Bonchev–Trinajstić information content (AvgIpc) is 3.43. The summed E-state index contributed by atoms with van der Waals surface area (Å²) in [7, 11) is 0. The fourth-order valence-corrected chi connectivity index (χ4v) is 4.13. The minimum absolute atomic E-state index is 0.272. The summed E-state index contributed by atoms with van der Waals surface area (Å²) in [4.78, 5) is 19.4. The molecule has 1 amide bonds. The number of carbonyl (C=O) groups excluding carboxylic acids is 1. The number of benzene rings is 1. The van der Waals surface area contributed by atoms with Crippen molar-refractivity contribution in [2.75, 3.05) is 32.8 Å². The Morgan fingerprint density at radius 1 is 1.17 bits per heavy atom. The zero-order chi connectivity index (χ0) is 20.3. The highest BCUT2D eigenvalue weighted by molar-refractivity contribution is 5.81. The summed E-state index contributed by atoms with van der Waals surface area (Å²) in [6.45, 7) is 6.05. The smallest absolute Gasteiger partial charge is 0.225 e. The van der Waals surface area contributed by atoms with Crippen LogP contribution in [0.25, 0.3) is 0 Å². The van der Waals surface area contributed by atoms with E-state index in [2.05, 4.69) is 22.5 Å². The first kappa shape index (κ1) is 21.5. The molecule has 1 saturated carbocycles. The Morgan fingerprint density at radius 2 is 1.97 bits per heavy atom. The Bertz CT molecular complexity index is 644. The second kappa shape index (κ2) is 11.7. The molecule has 2 fully saturated rings. The topological polar surface area (TPSA) is 66.0 Å². The number of hydrogen-bond donors (Lipinski definition) is 2. The van der Waals surface area contributed by atoms with Gasteiger partial charge in [0, 0.05) is 38.1 Å². The third-order valence-corrected chi connectivity index (χ3v) is 5.72. The number of rotatable bonds is 9. The number of likely N-dealkylation sites (tertiary alicyclic amines) is 1. The van der Waals surface area contributed by atoms with Gasteiger partial charge in [-0.2, -0.15) is 0 Å². The first-order chi connectivity index (χ1) is 14.3. The van der Waals surface area contributed by atoms with Gasteiger partial charge in [-0.15, -0.1) is 0 Å². The molecule has 160 valence electrons. The summed E-state index contributed by atoms with van der Waals surface area (Å²) in [5.41, 5.74) is 0. The third kappa shape index (κ3) is 6.94. The van der Waals surface area contributed by atoms with Crippen molar-refractivity contribution in [3.8, 4) is 5.75 Å². The van der Waals surface area contributed by atoms with E-state index in [1.807, 2.05) is 30.3 Å². The number of unbranched alkanes of at least 4 members (excludes halogenated alkanes) is 1. The Balaban J connectivity index is 1.36. The molecule has 1 aliphatic carbocycles. The van der Waals surface area contributed by atoms with Gasteiger partial charge in [-0.05, 0) is 51.2 Å². The van der Waals surface area contributed by atoms with Crippen LogP contribution in [0, 0.1) is 5.92 Å². The van der Waals surface area contributed by atoms with Gasteiger partial charge in [0.2, 0.25) is 5.91 Å². The molecule has 1 heterocycles. The summed E-state index contributed by atoms with van der Waals surface area (Å²) in [5, 5.41) is 6.85. The van der Waals surface area contributed by atoms with Crippen LogP contribution < -0.4 is 15.4 Å². The Labute approximate surface area is 175 Å². The molecule has 2 N–H and O–H groups in total. The van der Waals surface area contributed by atoms with E-state index in [9.17, 15) is 4.79 Å². The van der Waals surface area contributed by atoms with Crippen LogP contribution in [0.4, 0.5) is 0 Å². The standard InChI is InChI=1S/C23H36N4O2/c1-2-24-23(25-15-8-9-17-29-21-12-4-3-5-13-21)26-20-14-16-27(18-20)22(28)19-10-6-7-11-19/h3-5,12-13,19-20H,2,6-11,14-18H2,1H3,(H2,24,25,26). The lowest BCUT2D eigenvalue weighted by Crippen LogP contribution is -2.45. The van der Waals surface area contributed by atoms with Gasteiger partial charge in [-0.25, -0.2) is 0 Å². The molecule has 0 aromatic heterocycles. The van der Waals surface area contributed by atoms with Gasteiger partial charge in [-0.3, -0.25) is 9.79 Å². The minimum atomic E-state index is 0.272. The first-order valence-electron chi connectivity index (χ1n) is 11.3. The molecule has 1 aliphatic heterocycles. The van der Waals surface area contributed by atoms with Crippen LogP contribution >= 0.6 is 0 Å². The molecule has 6 heteroatoms. The fraction of sp³-hybridized carbons (Fsp3) is 0.652. The molecule has 1 aromatic carbocycles. The minimum Gasteiger partial charge on any atom is -0.494 e. The molecular formula is C23H36N4O2. The lowest BCUT2D eigenvalue weighted by atomic mass is 10.1. The molecule has 1 aromatic rings. The maximum atomic E-state index is 12.6. The molecule has 1 unspecified atom stereocenters. The second-order valence-corrected chi connectivity index (χ2v) is 8.02. The quantitative estimate of drug-likeness (QED) is 0.380. The summed E-state index contributed by atoms with van der Waals surface area (Å²) >= 11 is 0. The second-order valence-electron chi connectivity index (χ2n) is 8.02. The van der Waals surface area contributed by atoms with Gasteiger partial charge in [-0.1, -0.05) is 31.0 Å². The average molecular weight is 401 g/mol. The van der Waals surface area contributed by atoms with E-state index < -0.39 is 0 Å². The van der Waals surface area contributed by atoms with E-state index in [0.29, 0.717) is 18.6 Å². The number of nitrogens with one attached hydrogen (secondary N) is 2. The van der Waals surface area contributed by atoms with Crippen molar-refractivity contribution in [2.24, 2.45) is 10.9 Å². The van der Waals surface area contributed by atoms with Crippen molar-refractivity contribution in [2.45, 2.75) is 57.9 Å². The van der Waals surface area contributed by atoms with Crippen LogP contribution in [-0.2, 0) is 4.79 Å². The summed E-state index contributed by atoms with van der Waals surface area (Å²) in [6, 6.07) is 10.2. The maximum absolute atomic E-state index is 12.6. The molecule has 1 atom stereocenters. The number of carbonyl (C=O) groups is 1. The Kier molecular flexibility index (Phi) is 8.65. The summed E-state index contributed by atoms with van der Waals surface area (Å²) in [6.07, 6.45) is 7.52. The number of aliphatic imine (C=N–C) groups is 1. The zero-order valence-corrected chi connectivity index (χ0v) is 17.7. The van der Waals surface area contributed by atoms with E-state index in [4.69, 9.17) is 9.73 Å². The first-order valence-corrected chi connectivity index (χ1v) is 11.3. The monoisotopic (exact) mass is 400 g/mol. The van der Waals surface area contributed by atoms with Crippen LogP contribution in [-0.4, -0.2) is 55.6 Å². The van der Waals surface area contributed by atoms with E-state index in [0.717, 1.165) is 70.0 Å². The number of guanidine groups is 1. The lowest BCUT2D eigenvalue weighted by Gasteiger charge is -2.21. The molecule has 29 heavy (non-hydrogen) atoms. The van der Waals surface area contributed by atoms with Gasteiger partial charge in [0.25, 0.3) is 0 Å². The number of ether oxygens (including phenoxy) is 1. The molecule has 6 nitrogen and oxygen atoms in total. The maximum Gasteiger partial charge on any atom is 0.225 e. The van der Waals surface area contributed by atoms with E-state index >= 15 is 0 Å². The van der Waals surface area contributed by atoms with E-state index in [1.165, 1.54) is 12.8 Å².